The molecule has 0 spiro atoms. The van der Waals surface area contributed by atoms with Crippen LogP contribution in [0, 0.1) is 0 Å². The zero-order valence-electron chi connectivity index (χ0n) is 9.39. The highest BCUT2D eigenvalue weighted by molar-refractivity contribution is 5.85. The predicted molar refractivity (Wildman–Crippen MR) is 60.3 cm³/mol. The molecule has 0 aromatic carbocycles. The van der Waals surface area contributed by atoms with Gasteiger partial charge in [0, 0.05) is 18.8 Å². The van der Waals surface area contributed by atoms with Crippen molar-refractivity contribution in [1.82, 2.24) is 9.88 Å². The van der Waals surface area contributed by atoms with Crippen LogP contribution in [0.15, 0.2) is 18.3 Å². The smallest absolute Gasteiger partial charge is 0.354 e. The molecule has 1 unspecified atom stereocenters. The van der Waals surface area contributed by atoms with E-state index in [0.29, 0.717) is 6.04 Å². The zero-order valence-corrected chi connectivity index (χ0v) is 9.39. The van der Waals surface area contributed by atoms with Crippen molar-refractivity contribution in [2.24, 2.45) is 0 Å². The summed E-state index contributed by atoms with van der Waals surface area (Å²) in [4.78, 5) is 17.0. The van der Waals surface area contributed by atoms with E-state index in [1.807, 2.05) is 6.07 Å². The van der Waals surface area contributed by atoms with Crippen LogP contribution in [0.1, 0.15) is 35.8 Å². The molecule has 1 N–H and O–H groups in total. The maximum absolute atomic E-state index is 10.8. The molecule has 2 rings (SSSR count). The highest BCUT2D eigenvalue weighted by Crippen LogP contribution is 2.19. The second-order valence-corrected chi connectivity index (χ2v) is 4.32. The lowest BCUT2D eigenvalue weighted by Crippen LogP contribution is -2.26. The molecule has 1 aromatic heterocycles. The number of rotatable bonds is 3. The lowest BCUT2D eigenvalue weighted by atomic mass is 10.2. The van der Waals surface area contributed by atoms with Gasteiger partial charge in [-0.2, -0.15) is 0 Å². The fourth-order valence-corrected chi connectivity index (χ4v) is 2.15. The molecule has 2 heterocycles. The van der Waals surface area contributed by atoms with Crippen LogP contribution in [0.5, 0.6) is 0 Å². The zero-order chi connectivity index (χ0) is 11.5. The van der Waals surface area contributed by atoms with Gasteiger partial charge in [0.15, 0.2) is 0 Å². The van der Waals surface area contributed by atoms with Gasteiger partial charge in [-0.05, 0) is 44.0 Å². The molecule has 4 nitrogen and oxygen atoms in total. The van der Waals surface area contributed by atoms with E-state index >= 15 is 0 Å². The Labute approximate surface area is 94.9 Å². The summed E-state index contributed by atoms with van der Waals surface area (Å²) in [6.07, 6.45) is 4.04. The van der Waals surface area contributed by atoms with E-state index in [0.717, 1.165) is 18.7 Å². The molecular weight excluding hydrogens is 204 g/mol. The number of pyridine rings is 1. The summed E-state index contributed by atoms with van der Waals surface area (Å²) in [6.45, 7) is 4.14. The molecule has 0 amide bonds. The first-order valence-corrected chi connectivity index (χ1v) is 5.59. The standard InChI is InChI=1S/C12H16N2O2/c1-9-3-2-6-14(9)8-10-4-5-13-11(7-10)12(15)16/h4-5,7,9H,2-3,6,8H2,1H3,(H,15,16). The Hall–Kier alpha value is -1.42. The van der Waals surface area contributed by atoms with Gasteiger partial charge in [-0.1, -0.05) is 0 Å². The molecule has 86 valence electrons. The molecule has 0 bridgehead atoms. The monoisotopic (exact) mass is 220 g/mol. The van der Waals surface area contributed by atoms with E-state index in [1.165, 1.54) is 12.8 Å². The van der Waals surface area contributed by atoms with Gasteiger partial charge in [0.1, 0.15) is 5.69 Å². The highest BCUT2D eigenvalue weighted by atomic mass is 16.4. The minimum atomic E-state index is -0.962. The number of carbonyl (C=O) groups is 1. The number of carboxylic acids is 1. The Kier molecular flexibility index (Phi) is 3.19. The minimum Gasteiger partial charge on any atom is -0.477 e. The molecule has 1 aliphatic heterocycles. The number of hydrogen-bond acceptors (Lipinski definition) is 3. The van der Waals surface area contributed by atoms with Crippen molar-refractivity contribution in [3.05, 3.63) is 29.6 Å². The number of hydrogen-bond donors (Lipinski definition) is 1. The summed E-state index contributed by atoms with van der Waals surface area (Å²) in [5, 5.41) is 8.85. The highest BCUT2D eigenvalue weighted by Gasteiger charge is 2.20. The van der Waals surface area contributed by atoms with Crippen molar-refractivity contribution in [2.45, 2.75) is 32.4 Å². The van der Waals surface area contributed by atoms with Gasteiger partial charge in [0.05, 0.1) is 0 Å². The Balaban J connectivity index is 2.09. The molecular formula is C12H16N2O2. The average Bonchev–Trinajstić information content (AvgIpc) is 2.65. The van der Waals surface area contributed by atoms with Gasteiger partial charge in [-0.15, -0.1) is 0 Å². The molecule has 4 heteroatoms. The summed E-state index contributed by atoms with van der Waals surface area (Å²) in [7, 11) is 0. The van der Waals surface area contributed by atoms with Crippen LogP contribution in [0.4, 0.5) is 0 Å². The topological polar surface area (TPSA) is 53.4 Å². The fraction of sp³-hybridized carbons (Fsp3) is 0.500. The summed E-state index contributed by atoms with van der Waals surface area (Å²) >= 11 is 0. The molecule has 0 radical (unpaired) electrons. The Bertz CT molecular complexity index is 392. The second kappa shape index (κ2) is 4.61. The van der Waals surface area contributed by atoms with Crippen molar-refractivity contribution in [2.75, 3.05) is 6.54 Å². The first-order chi connectivity index (χ1) is 7.66. The van der Waals surface area contributed by atoms with Crippen molar-refractivity contribution in [3.8, 4) is 0 Å². The van der Waals surface area contributed by atoms with Crippen LogP contribution in [0.2, 0.25) is 0 Å². The fourth-order valence-electron chi connectivity index (χ4n) is 2.15. The largest absolute Gasteiger partial charge is 0.477 e. The van der Waals surface area contributed by atoms with Crippen LogP contribution in [0.25, 0.3) is 0 Å². The van der Waals surface area contributed by atoms with Crippen LogP contribution in [0.3, 0.4) is 0 Å². The van der Waals surface area contributed by atoms with Gasteiger partial charge in [0.2, 0.25) is 0 Å². The third-order valence-electron chi connectivity index (χ3n) is 3.12. The summed E-state index contributed by atoms with van der Waals surface area (Å²) in [5.74, 6) is -0.962. The third kappa shape index (κ3) is 2.39. The first-order valence-electron chi connectivity index (χ1n) is 5.59. The minimum absolute atomic E-state index is 0.129. The Morgan fingerprint density at radius 2 is 2.50 bits per heavy atom. The van der Waals surface area contributed by atoms with Crippen molar-refractivity contribution >= 4 is 5.97 Å². The van der Waals surface area contributed by atoms with E-state index in [1.54, 1.807) is 12.3 Å². The van der Waals surface area contributed by atoms with Gasteiger partial charge >= 0.3 is 5.97 Å². The first kappa shape index (κ1) is 11.1. The lowest BCUT2D eigenvalue weighted by Gasteiger charge is -2.20. The van der Waals surface area contributed by atoms with Gasteiger partial charge in [-0.25, -0.2) is 9.78 Å². The molecule has 16 heavy (non-hydrogen) atoms. The van der Waals surface area contributed by atoms with Crippen LogP contribution < -0.4 is 0 Å². The van der Waals surface area contributed by atoms with Gasteiger partial charge in [-0.3, -0.25) is 4.90 Å². The summed E-state index contributed by atoms with van der Waals surface area (Å²) in [6, 6.07) is 4.15. The lowest BCUT2D eigenvalue weighted by molar-refractivity contribution is 0.0690. The molecule has 1 aliphatic rings. The van der Waals surface area contributed by atoms with Gasteiger partial charge in [0.25, 0.3) is 0 Å². The van der Waals surface area contributed by atoms with E-state index < -0.39 is 5.97 Å². The van der Waals surface area contributed by atoms with Crippen LogP contribution in [-0.4, -0.2) is 33.5 Å². The number of aromatic nitrogens is 1. The Morgan fingerprint density at radius 1 is 1.69 bits per heavy atom. The number of likely N-dealkylation sites (tertiary alicyclic amines) is 1. The normalized spacial score (nSPS) is 21.2. The molecule has 0 aliphatic carbocycles. The predicted octanol–water partition coefficient (Wildman–Crippen LogP) is 1.76. The molecule has 0 saturated carbocycles. The van der Waals surface area contributed by atoms with E-state index in [-0.39, 0.29) is 5.69 Å². The molecule has 1 saturated heterocycles. The van der Waals surface area contributed by atoms with Crippen LogP contribution >= 0.6 is 0 Å². The van der Waals surface area contributed by atoms with Crippen molar-refractivity contribution in [1.29, 1.82) is 0 Å². The maximum Gasteiger partial charge on any atom is 0.354 e. The average molecular weight is 220 g/mol. The van der Waals surface area contributed by atoms with Crippen molar-refractivity contribution < 1.29 is 9.90 Å². The quantitative estimate of drug-likeness (QED) is 0.843. The van der Waals surface area contributed by atoms with E-state index in [9.17, 15) is 4.79 Å². The summed E-state index contributed by atoms with van der Waals surface area (Å²) in [5.41, 5.74) is 1.16. The third-order valence-corrected chi connectivity index (χ3v) is 3.12. The molecule has 1 fully saturated rings. The molecule has 1 aromatic rings. The van der Waals surface area contributed by atoms with Crippen LogP contribution in [-0.2, 0) is 6.54 Å². The number of nitrogens with zero attached hydrogens (tertiary/aromatic N) is 2. The van der Waals surface area contributed by atoms with Crippen molar-refractivity contribution in [3.63, 3.8) is 0 Å². The summed E-state index contributed by atoms with van der Waals surface area (Å²) < 4.78 is 0. The number of aromatic carboxylic acids is 1. The maximum atomic E-state index is 10.8. The van der Waals surface area contributed by atoms with E-state index in [4.69, 9.17) is 5.11 Å². The van der Waals surface area contributed by atoms with E-state index in [2.05, 4.69) is 16.8 Å². The number of carboxylic acid groups (broad SMARTS) is 1. The second-order valence-electron chi connectivity index (χ2n) is 4.32. The SMILES string of the molecule is CC1CCCN1Cc1ccnc(C(=O)O)c1. The van der Waals surface area contributed by atoms with Gasteiger partial charge < -0.3 is 5.11 Å². The Morgan fingerprint density at radius 3 is 3.12 bits per heavy atom. The molecule has 1 atom stereocenters.